The van der Waals surface area contributed by atoms with E-state index >= 15 is 0 Å². The molecule has 112 valence electrons. The van der Waals surface area contributed by atoms with Crippen molar-refractivity contribution in [2.45, 2.75) is 12.8 Å². The molecule has 0 unspecified atom stereocenters. The van der Waals surface area contributed by atoms with E-state index in [0.29, 0.717) is 35.1 Å². The fraction of sp³-hybridized carbons (Fsp3) is 0.167. The molecule has 22 heavy (non-hydrogen) atoms. The third kappa shape index (κ3) is 2.52. The molecule has 0 bridgehead atoms. The Morgan fingerprint density at radius 1 is 1.05 bits per heavy atom. The van der Waals surface area contributed by atoms with E-state index in [1.165, 1.54) is 19.2 Å². The number of aryl methyl sites for hydroxylation is 1. The third-order valence-electron chi connectivity index (χ3n) is 3.82. The van der Waals surface area contributed by atoms with Crippen molar-refractivity contribution in [1.82, 2.24) is 0 Å². The Balaban J connectivity index is 2.15. The second-order valence-electron chi connectivity index (χ2n) is 5.15. The van der Waals surface area contributed by atoms with Crippen molar-refractivity contribution in [3.05, 3.63) is 76.4 Å². The van der Waals surface area contributed by atoms with Crippen LogP contribution >= 0.6 is 0 Å². The van der Waals surface area contributed by atoms with Gasteiger partial charge in [0.15, 0.2) is 0 Å². The number of methoxy groups -OCH3 is 1. The lowest BCUT2D eigenvalue weighted by Crippen LogP contribution is -2.08. The van der Waals surface area contributed by atoms with Crippen molar-refractivity contribution in [3.63, 3.8) is 0 Å². The number of esters is 1. The van der Waals surface area contributed by atoms with Gasteiger partial charge in [-0.1, -0.05) is 18.2 Å². The number of benzene rings is 2. The van der Waals surface area contributed by atoms with Crippen LogP contribution in [0.3, 0.4) is 0 Å². The van der Waals surface area contributed by atoms with Crippen molar-refractivity contribution in [3.8, 4) is 0 Å². The van der Waals surface area contributed by atoms with Gasteiger partial charge in [-0.3, -0.25) is 0 Å². The molecule has 2 nitrogen and oxygen atoms in total. The van der Waals surface area contributed by atoms with Gasteiger partial charge in [-0.25, -0.2) is 13.6 Å². The zero-order valence-corrected chi connectivity index (χ0v) is 12.0. The molecule has 0 spiro atoms. The van der Waals surface area contributed by atoms with Gasteiger partial charge in [-0.15, -0.1) is 0 Å². The highest BCUT2D eigenvalue weighted by Gasteiger charge is 2.22. The van der Waals surface area contributed by atoms with Crippen LogP contribution in [0.15, 0.2) is 48.3 Å². The molecule has 0 saturated carbocycles. The minimum absolute atomic E-state index is 0.249. The minimum Gasteiger partial charge on any atom is -0.465 e. The van der Waals surface area contributed by atoms with Crippen molar-refractivity contribution >= 4 is 11.5 Å². The number of allylic oxidation sites excluding steroid dienone is 1. The van der Waals surface area contributed by atoms with E-state index < -0.39 is 5.97 Å². The smallest absolute Gasteiger partial charge is 0.337 e. The third-order valence-corrected chi connectivity index (χ3v) is 3.82. The van der Waals surface area contributed by atoms with E-state index in [9.17, 15) is 13.6 Å². The number of fused-ring (bicyclic) bond motifs is 1. The highest BCUT2D eigenvalue weighted by molar-refractivity contribution is 5.93. The van der Waals surface area contributed by atoms with Gasteiger partial charge in [-0.2, -0.15) is 0 Å². The number of hydrogen-bond acceptors (Lipinski definition) is 2. The van der Waals surface area contributed by atoms with Crippen LogP contribution in [-0.2, 0) is 11.2 Å². The lowest BCUT2D eigenvalue weighted by molar-refractivity contribution is 0.0600. The molecule has 0 heterocycles. The zero-order valence-electron chi connectivity index (χ0n) is 12.0. The maximum absolute atomic E-state index is 14.4. The van der Waals surface area contributed by atoms with Gasteiger partial charge < -0.3 is 4.74 Å². The molecule has 0 saturated heterocycles. The summed E-state index contributed by atoms with van der Waals surface area (Å²) in [6.07, 6.45) is 0.880. The number of hydrogen-bond donors (Lipinski definition) is 0. The molecule has 0 fully saturated rings. The van der Waals surface area contributed by atoms with Crippen molar-refractivity contribution in [1.29, 1.82) is 0 Å². The van der Waals surface area contributed by atoms with Crippen molar-refractivity contribution < 1.29 is 18.3 Å². The topological polar surface area (TPSA) is 26.3 Å². The second kappa shape index (κ2) is 5.72. The predicted molar refractivity (Wildman–Crippen MR) is 79.6 cm³/mol. The Hall–Kier alpha value is -2.49. The normalized spacial score (nSPS) is 13.8. The van der Waals surface area contributed by atoms with Crippen LogP contribution in [0, 0.1) is 5.82 Å². The van der Waals surface area contributed by atoms with E-state index in [1.54, 1.807) is 24.3 Å². The van der Waals surface area contributed by atoms with Crippen LogP contribution in [0.1, 0.15) is 33.5 Å². The molecule has 0 aromatic heterocycles. The van der Waals surface area contributed by atoms with E-state index in [1.807, 2.05) is 6.07 Å². The Kier molecular flexibility index (Phi) is 3.75. The molecule has 0 atom stereocenters. The SMILES string of the molecule is COC(=O)c1ccc2c(c1)C(c1ccc(F)cc1)=C(F)CC2. The first-order valence-corrected chi connectivity index (χ1v) is 6.96. The fourth-order valence-corrected chi connectivity index (χ4v) is 2.72. The summed E-state index contributed by atoms with van der Waals surface area (Å²) in [5, 5.41) is 0. The van der Waals surface area contributed by atoms with E-state index in [0.717, 1.165) is 5.56 Å². The van der Waals surface area contributed by atoms with Gasteiger partial charge in [0.2, 0.25) is 0 Å². The molecule has 3 rings (SSSR count). The first-order chi connectivity index (χ1) is 10.6. The van der Waals surface area contributed by atoms with Crippen LogP contribution in [0.25, 0.3) is 5.57 Å². The second-order valence-corrected chi connectivity index (χ2v) is 5.15. The zero-order chi connectivity index (χ0) is 15.7. The molecule has 0 radical (unpaired) electrons. The predicted octanol–water partition coefficient (Wildman–Crippen LogP) is 4.29. The van der Waals surface area contributed by atoms with Crippen LogP contribution in [-0.4, -0.2) is 13.1 Å². The number of halogens is 2. The lowest BCUT2D eigenvalue weighted by Gasteiger charge is -2.20. The first-order valence-electron chi connectivity index (χ1n) is 6.96. The van der Waals surface area contributed by atoms with E-state index in [2.05, 4.69) is 0 Å². The summed E-state index contributed by atoms with van der Waals surface area (Å²) in [5.41, 5.74) is 3.02. The highest BCUT2D eigenvalue weighted by Crippen LogP contribution is 2.37. The van der Waals surface area contributed by atoms with Crippen molar-refractivity contribution in [2.75, 3.05) is 7.11 Å². The van der Waals surface area contributed by atoms with Crippen LogP contribution in [0.2, 0.25) is 0 Å². The van der Waals surface area contributed by atoms with Crippen molar-refractivity contribution in [2.24, 2.45) is 0 Å². The van der Waals surface area contributed by atoms with Crippen LogP contribution in [0.4, 0.5) is 8.78 Å². The lowest BCUT2D eigenvalue weighted by atomic mass is 9.85. The summed E-state index contributed by atoms with van der Waals surface area (Å²) < 4.78 is 32.2. The number of rotatable bonds is 2. The standard InChI is InChI=1S/C18H14F2O2/c1-22-18(21)13-3-2-11-6-9-16(20)17(15(11)10-13)12-4-7-14(19)8-5-12/h2-5,7-8,10H,6,9H2,1H3. The van der Waals surface area contributed by atoms with E-state index in [4.69, 9.17) is 4.74 Å². The maximum atomic E-state index is 14.4. The van der Waals surface area contributed by atoms with Crippen LogP contribution < -0.4 is 0 Å². The Labute approximate surface area is 127 Å². The summed E-state index contributed by atoms with van der Waals surface area (Å²) in [6.45, 7) is 0. The molecule has 1 aliphatic rings. The van der Waals surface area contributed by atoms with Crippen LogP contribution in [0.5, 0.6) is 0 Å². The summed E-state index contributed by atoms with van der Waals surface area (Å²) >= 11 is 0. The number of ether oxygens (including phenoxy) is 1. The summed E-state index contributed by atoms with van der Waals surface area (Å²) in [7, 11) is 1.30. The highest BCUT2D eigenvalue weighted by atomic mass is 19.1. The molecule has 4 heteroatoms. The molecular weight excluding hydrogens is 286 g/mol. The van der Waals surface area contributed by atoms with Gasteiger partial charge in [-0.05, 0) is 47.4 Å². The summed E-state index contributed by atoms with van der Waals surface area (Å²) in [6, 6.07) is 10.8. The fourth-order valence-electron chi connectivity index (χ4n) is 2.72. The van der Waals surface area contributed by atoms with Gasteiger partial charge in [0.05, 0.1) is 12.7 Å². The Morgan fingerprint density at radius 2 is 1.77 bits per heavy atom. The molecule has 2 aromatic carbocycles. The van der Waals surface area contributed by atoms with Gasteiger partial charge in [0.1, 0.15) is 11.6 Å². The Bertz CT molecular complexity index is 761. The molecular formula is C18H14F2O2. The monoisotopic (exact) mass is 300 g/mol. The summed E-state index contributed by atoms with van der Waals surface area (Å²) in [5.74, 6) is -1.09. The maximum Gasteiger partial charge on any atom is 0.337 e. The molecule has 0 N–H and O–H groups in total. The first kappa shape index (κ1) is 14.4. The molecule has 1 aliphatic carbocycles. The molecule has 0 aliphatic heterocycles. The largest absolute Gasteiger partial charge is 0.465 e. The molecule has 0 amide bonds. The number of carbonyl (C=O) groups excluding carboxylic acids is 1. The minimum atomic E-state index is -0.466. The van der Waals surface area contributed by atoms with Gasteiger partial charge in [0, 0.05) is 12.0 Å². The Morgan fingerprint density at radius 3 is 2.45 bits per heavy atom. The van der Waals surface area contributed by atoms with Gasteiger partial charge >= 0.3 is 5.97 Å². The quantitative estimate of drug-likeness (QED) is 0.773. The summed E-state index contributed by atoms with van der Waals surface area (Å²) in [4.78, 5) is 11.7. The molecule has 2 aromatic rings. The average Bonchev–Trinajstić information content (AvgIpc) is 2.54. The van der Waals surface area contributed by atoms with Gasteiger partial charge in [0.25, 0.3) is 0 Å². The number of carbonyl (C=O) groups is 1. The van der Waals surface area contributed by atoms with E-state index in [-0.39, 0.29) is 11.6 Å². The average molecular weight is 300 g/mol.